The van der Waals surface area contributed by atoms with Gasteiger partial charge in [0, 0.05) is 25.8 Å². The third-order valence-corrected chi connectivity index (χ3v) is 4.89. The van der Waals surface area contributed by atoms with Crippen molar-refractivity contribution in [3.05, 3.63) is 64.9 Å². The van der Waals surface area contributed by atoms with Gasteiger partial charge < -0.3 is 5.32 Å². The van der Waals surface area contributed by atoms with Gasteiger partial charge in [0.05, 0.1) is 10.6 Å². The molecule has 1 heterocycles. The molecule has 188 valence electrons. The van der Waals surface area contributed by atoms with Crippen LogP contribution in [0.5, 0.6) is 0 Å². The van der Waals surface area contributed by atoms with Gasteiger partial charge >= 0.3 is 6.18 Å². The minimum absolute atomic E-state index is 0.00292. The molecule has 1 fully saturated rings. The number of alkyl halides is 3. The largest absolute Gasteiger partial charge is 0.416 e. The van der Waals surface area contributed by atoms with E-state index in [-0.39, 0.29) is 5.02 Å². The molecule has 11 heteroatoms. The van der Waals surface area contributed by atoms with Crippen LogP contribution in [0.3, 0.4) is 0 Å². The molecule has 0 saturated carbocycles. The van der Waals surface area contributed by atoms with Crippen LogP contribution in [0.1, 0.15) is 39.7 Å². The van der Waals surface area contributed by atoms with E-state index in [1.54, 1.807) is 10.4 Å². The number of amides is 1. The van der Waals surface area contributed by atoms with Crippen LogP contribution in [0, 0.1) is 5.82 Å². The summed E-state index contributed by atoms with van der Waals surface area (Å²) in [6, 6.07) is 10.3. The van der Waals surface area contributed by atoms with E-state index in [4.69, 9.17) is 11.6 Å². The zero-order valence-electron chi connectivity index (χ0n) is 19.4. The number of halogens is 5. The van der Waals surface area contributed by atoms with Crippen molar-refractivity contribution >= 4 is 34.9 Å². The van der Waals surface area contributed by atoms with Crippen LogP contribution < -0.4 is 10.0 Å². The van der Waals surface area contributed by atoms with Crippen LogP contribution in [-0.2, 0) is 22.1 Å². The lowest BCUT2D eigenvalue weighted by Crippen LogP contribution is -2.39. The maximum absolute atomic E-state index is 12.5. The first-order valence-electron chi connectivity index (χ1n) is 10.3. The Bertz CT molecular complexity index is 797. The standard InChI is InChI=1S/C7H5ClFNO.C7H5F3.C4H10N2OS.2C2H6/c8-6-3-5(10-4-11)1-2-7(6)9;8-7(9,10)6-4-2-1-3-5-6;1-6-4-2-3-5-8(6)7;2*1-2/h1-4H,(H,10,11);1-5H;5H,2-4H2,1H3;2*1-2H3. The molecular weight excluding hydrogens is 482 g/mol. The maximum atomic E-state index is 12.5. The van der Waals surface area contributed by atoms with Gasteiger partial charge in [-0.15, -0.1) is 0 Å². The lowest BCUT2D eigenvalue weighted by molar-refractivity contribution is -0.137. The molecular formula is C22H32ClF4N3O2S. The van der Waals surface area contributed by atoms with Crippen molar-refractivity contribution in [2.24, 2.45) is 0 Å². The molecule has 1 unspecified atom stereocenters. The molecule has 33 heavy (non-hydrogen) atoms. The molecule has 0 spiro atoms. The summed E-state index contributed by atoms with van der Waals surface area (Å²) in [4.78, 5) is 9.92. The van der Waals surface area contributed by atoms with E-state index >= 15 is 0 Å². The van der Waals surface area contributed by atoms with E-state index in [2.05, 4.69) is 10.0 Å². The normalized spacial score (nSPS) is 14.9. The molecule has 5 nitrogen and oxygen atoms in total. The first-order valence-corrected chi connectivity index (χ1v) is 11.8. The van der Waals surface area contributed by atoms with Crippen LogP contribution in [0.4, 0.5) is 23.2 Å². The van der Waals surface area contributed by atoms with Crippen molar-refractivity contribution < 1.29 is 26.6 Å². The fourth-order valence-corrected chi connectivity index (χ4v) is 2.95. The monoisotopic (exact) mass is 513 g/mol. The van der Waals surface area contributed by atoms with E-state index in [1.807, 2.05) is 34.7 Å². The minimum Gasteiger partial charge on any atom is -0.329 e. The molecule has 1 atom stereocenters. The van der Waals surface area contributed by atoms with Crippen LogP contribution in [-0.4, -0.2) is 35.1 Å². The van der Waals surface area contributed by atoms with Gasteiger partial charge in [0.1, 0.15) is 5.82 Å². The molecule has 3 rings (SSSR count). The predicted octanol–water partition coefficient (Wildman–Crippen LogP) is 6.30. The van der Waals surface area contributed by atoms with Crippen LogP contribution in [0.15, 0.2) is 48.5 Å². The second-order valence-corrected chi connectivity index (χ2v) is 7.42. The van der Waals surface area contributed by atoms with Crippen LogP contribution >= 0.6 is 11.6 Å². The molecule has 1 amide bonds. The Morgan fingerprint density at radius 2 is 1.67 bits per heavy atom. The van der Waals surface area contributed by atoms with E-state index < -0.39 is 28.7 Å². The average Bonchev–Trinajstić information content (AvgIpc) is 2.82. The fourth-order valence-electron chi connectivity index (χ4n) is 1.94. The molecule has 1 aliphatic heterocycles. The quantitative estimate of drug-likeness (QED) is 0.366. The number of carbonyl (C=O) groups is 1. The number of hydrogen-bond acceptors (Lipinski definition) is 2. The zero-order chi connectivity index (χ0) is 25.9. The number of benzene rings is 2. The number of carbonyl (C=O) groups excluding carboxylic acids is 1. The van der Waals surface area contributed by atoms with E-state index in [1.165, 1.54) is 30.3 Å². The summed E-state index contributed by atoms with van der Waals surface area (Å²) >= 11 is 4.52. The van der Waals surface area contributed by atoms with Gasteiger partial charge in [-0.3, -0.25) is 4.79 Å². The van der Waals surface area contributed by atoms with Crippen molar-refractivity contribution in [2.75, 3.05) is 25.5 Å². The lowest BCUT2D eigenvalue weighted by atomic mass is 10.2. The summed E-state index contributed by atoms with van der Waals surface area (Å²) in [5.41, 5.74) is -0.124. The van der Waals surface area contributed by atoms with Crippen molar-refractivity contribution in [3.63, 3.8) is 0 Å². The van der Waals surface area contributed by atoms with Crippen molar-refractivity contribution in [2.45, 2.75) is 40.3 Å². The predicted molar refractivity (Wildman–Crippen MR) is 129 cm³/mol. The zero-order valence-corrected chi connectivity index (χ0v) is 21.0. The number of nitrogens with zero attached hydrogens (tertiary/aromatic N) is 1. The van der Waals surface area contributed by atoms with Crippen LogP contribution in [0.2, 0.25) is 5.02 Å². The van der Waals surface area contributed by atoms with Gasteiger partial charge in [0.15, 0.2) is 11.2 Å². The number of nitrogens with one attached hydrogen (secondary N) is 2. The molecule has 2 aromatic rings. The highest BCUT2D eigenvalue weighted by Gasteiger charge is 2.29. The van der Waals surface area contributed by atoms with Gasteiger partial charge in [0.25, 0.3) is 0 Å². The number of hydrogen-bond donors (Lipinski definition) is 2. The second kappa shape index (κ2) is 19.5. The summed E-state index contributed by atoms with van der Waals surface area (Å²) in [6.45, 7) is 9.83. The number of anilines is 1. The van der Waals surface area contributed by atoms with Crippen molar-refractivity contribution in [1.29, 1.82) is 0 Å². The van der Waals surface area contributed by atoms with Crippen molar-refractivity contribution in [1.82, 2.24) is 9.03 Å². The molecule has 0 aliphatic carbocycles. The Labute approximate surface area is 201 Å². The fraction of sp³-hybridized carbons (Fsp3) is 0.409. The maximum Gasteiger partial charge on any atom is 0.416 e. The Morgan fingerprint density at radius 1 is 1.09 bits per heavy atom. The number of rotatable bonds is 2. The highest BCUT2D eigenvalue weighted by atomic mass is 35.5. The van der Waals surface area contributed by atoms with E-state index in [0.717, 1.165) is 31.6 Å². The first kappa shape index (κ1) is 33.2. The Morgan fingerprint density at radius 3 is 2.03 bits per heavy atom. The van der Waals surface area contributed by atoms with Gasteiger partial charge in [-0.25, -0.2) is 17.6 Å². The highest BCUT2D eigenvalue weighted by molar-refractivity contribution is 7.80. The van der Waals surface area contributed by atoms with Gasteiger partial charge in [0.2, 0.25) is 6.41 Å². The molecule has 2 N–H and O–H groups in total. The van der Waals surface area contributed by atoms with Crippen LogP contribution in [0.25, 0.3) is 0 Å². The smallest absolute Gasteiger partial charge is 0.329 e. The lowest BCUT2D eigenvalue weighted by Gasteiger charge is -2.20. The topological polar surface area (TPSA) is 61.4 Å². The molecule has 0 aromatic heterocycles. The molecule has 2 aromatic carbocycles. The third kappa shape index (κ3) is 15.5. The third-order valence-electron chi connectivity index (χ3n) is 3.40. The SMILES string of the molecule is CC.CC.CN1CCCNS1=O.FC(F)(F)c1ccccc1.O=CNc1ccc(F)c(Cl)c1. The van der Waals surface area contributed by atoms with E-state index in [0.29, 0.717) is 12.1 Å². The second-order valence-electron chi connectivity index (χ2n) is 5.60. The Kier molecular flexibility index (Phi) is 19.6. The van der Waals surface area contributed by atoms with Gasteiger partial charge in [-0.1, -0.05) is 69.6 Å². The molecule has 1 saturated heterocycles. The van der Waals surface area contributed by atoms with Gasteiger partial charge in [-0.05, 0) is 24.6 Å². The Hall–Kier alpha value is -2.01. The highest BCUT2D eigenvalue weighted by Crippen LogP contribution is 2.28. The molecule has 0 radical (unpaired) electrons. The molecule has 0 bridgehead atoms. The summed E-state index contributed by atoms with van der Waals surface area (Å²) < 4.78 is 63.2. The Balaban J connectivity index is 0. The van der Waals surface area contributed by atoms with Gasteiger partial charge in [-0.2, -0.15) is 13.2 Å². The first-order chi connectivity index (χ1) is 15.6. The van der Waals surface area contributed by atoms with E-state index in [9.17, 15) is 26.6 Å². The summed E-state index contributed by atoms with van der Waals surface area (Å²) in [5.74, 6) is -0.497. The average molecular weight is 514 g/mol. The summed E-state index contributed by atoms with van der Waals surface area (Å²) in [7, 11) is 1.85. The minimum atomic E-state index is -4.21. The molecule has 1 aliphatic rings. The summed E-state index contributed by atoms with van der Waals surface area (Å²) in [6.07, 6.45) is -2.60. The van der Waals surface area contributed by atoms with Crippen molar-refractivity contribution in [3.8, 4) is 0 Å². The summed E-state index contributed by atoms with van der Waals surface area (Å²) in [5, 5.41) is 2.34.